The van der Waals surface area contributed by atoms with Gasteiger partial charge in [-0.05, 0) is 57.0 Å². The van der Waals surface area contributed by atoms with E-state index < -0.39 is 0 Å². The zero-order valence-corrected chi connectivity index (χ0v) is 12.3. The molecule has 0 aliphatic heterocycles. The number of hydrogen-bond acceptors (Lipinski definition) is 1. The number of thiocarbonyl (C=S) groups is 1. The molecule has 0 bridgehead atoms. The van der Waals surface area contributed by atoms with Crippen molar-refractivity contribution < 1.29 is 0 Å². The highest BCUT2D eigenvalue weighted by Crippen LogP contribution is 2.22. The molecule has 1 aliphatic carbocycles. The van der Waals surface area contributed by atoms with E-state index in [2.05, 4.69) is 43.5 Å². The summed E-state index contributed by atoms with van der Waals surface area (Å²) < 4.78 is 0. The summed E-state index contributed by atoms with van der Waals surface area (Å²) in [4.78, 5) is 0. The summed E-state index contributed by atoms with van der Waals surface area (Å²) in [5.74, 6) is 0. The second-order valence-corrected chi connectivity index (χ2v) is 5.76. The summed E-state index contributed by atoms with van der Waals surface area (Å²) in [5.41, 5.74) is 4.95. The molecule has 1 aromatic rings. The Balaban J connectivity index is 2.02. The van der Waals surface area contributed by atoms with E-state index in [0.717, 1.165) is 10.8 Å². The van der Waals surface area contributed by atoms with Crippen molar-refractivity contribution in [2.45, 2.75) is 52.5 Å². The lowest BCUT2D eigenvalue weighted by Crippen LogP contribution is -2.36. The minimum absolute atomic E-state index is 0.566. The van der Waals surface area contributed by atoms with E-state index in [-0.39, 0.29) is 0 Å². The third-order valence-electron chi connectivity index (χ3n) is 3.61. The molecular weight excluding hydrogens is 240 g/mol. The van der Waals surface area contributed by atoms with Crippen LogP contribution >= 0.6 is 12.2 Å². The lowest BCUT2D eigenvalue weighted by atomic mass is 10.1. The van der Waals surface area contributed by atoms with Crippen molar-refractivity contribution in [3.63, 3.8) is 0 Å². The lowest BCUT2D eigenvalue weighted by molar-refractivity contribution is 0.634. The van der Waals surface area contributed by atoms with Crippen LogP contribution in [0.3, 0.4) is 0 Å². The highest BCUT2D eigenvalue weighted by Gasteiger charge is 2.16. The van der Waals surface area contributed by atoms with Gasteiger partial charge in [-0.3, -0.25) is 0 Å². The molecule has 2 N–H and O–H groups in total. The van der Waals surface area contributed by atoms with Gasteiger partial charge in [0.2, 0.25) is 0 Å². The Bertz CT molecular complexity index is 425. The number of nitrogens with one attached hydrogen (secondary N) is 2. The minimum Gasteiger partial charge on any atom is -0.360 e. The van der Waals surface area contributed by atoms with Crippen molar-refractivity contribution in [1.82, 2.24) is 5.32 Å². The van der Waals surface area contributed by atoms with Gasteiger partial charge in [0.15, 0.2) is 5.11 Å². The quantitative estimate of drug-likeness (QED) is 0.792. The Morgan fingerprint density at radius 2 is 1.67 bits per heavy atom. The number of rotatable bonds is 2. The molecule has 2 rings (SSSR count). The van der Waals surface area contributed by atoms with Crippen LogP contribution in [-0.4, -0.2) is 11.2 Å². The predicted octanol–water partition coefficient (Wildman–Crippen LogP) is 3.84. The molecule has 1 fully saturated rings. The van der Waals surface area contributed by atoms with Crippen LogP contribution in [0.4, 0.5) is 5.69 Å². The van der Waals surface area contributed by atoms with Gasteiger partial charge in [-0.15, -0.1) is 0 Å². The summed E-state index contributed by atoms with van der Waals surface area (Å²) in [6.07, 6.45) is 5.13. The zero-order chi connectivity index (χ0) is 13.1. The molecule has 18 heavy (non-hydrogen) atoms. The Kier molecular flexibility index (Phi) is 4.23. The number of anilines is 1. The van der Waals surface area contributed by atoms with Crippen LogP contribution in [-0.2, 0) is 0 Å². The second-order valence-electron chi connectivity index (χ2n) is 5.35. The van der Waals surface area contributed by atoms with E-state index in [1.54, 1.807) is 0 Å². The zero-order valence-electron chi connectivity index (χ0n) is 11.5. The minimum atomic E-state index is 0.566. The number of aryl methyl sites for hydroxylation is 3. The van der Waals surface area contributed by atoms with E-state index in [1.807, 2.05) is 0 Å². The van der Waals surface area contributed by atoms with Crippen LogP contribution in [0.1, 0.15) is 42.4 Å². The molecule has 0 atom stereocenters. The van der Waals surface area contributed by atoms with E-state index in [1.165, 1.54) is 42.4 Å². The number of benzene rings is 1. The predicted molar refractivity (Wildman–Crippen MR) is 82.3 cm³/mol. The fraction of sp³-hybridized carbons (Fsp3) is 0.533. The van der Waals surface area contributed by atoms with Gasteiger partial charge < -0.3 is 10.6 Å². The third-order valence-corrected chi connectivity index (χ3v) is 3.83. The summed E-state index contributed by atoms with van der Waals surface area (Å²) in [7, 11) is 0. The van der Waals surface area contributed by atoms with Crippen molar-refractivity contribution in [3.8, 4) is 0 Å². The highest BCUT2D eigenvalue weighted by molar-refractivity contribution is 7.80. The normalized spacial score (nSPS) is 15.7. The first kappa shape index (κ1) is 13.3. The summed E-state index contributed by atoms with van der Waals surface area (Å²) >= 11 is 5.40. The molecule has 1 aliphatic rings. The van der Waals surface area contributed by atoms with Crippen molar-refractivity contribution >= 4 is 23.0 Å². The van der Waals surface area contributed by atoms with Crippen molar-refractivity contribution in [2.75, 3.05) is 5.32 Å². The van der Waals surface area contributed by atoms with Gasteiger partial charge in [0, 0.05) is 11.7 Å². The molecule has 0 saturated heterocycles. The molecule has 0 spiro atoms. The first-order chi connectivity index (χ1) is 8.56. The molecule has 0 heterocycles. The summed E-state index contributed by atoms with van der Waals surface area (Å²) in [6.45, 7) is 6.37. The van der Waals surface area contributed by atoms with Crippen LogP contribution in [0.2, 0.25) is 0 Å². The van der Waals surface area contributed by atoms with Crippen molar-refractivity contribution in [1.29, 1.82) is 0 Å². The van der Waals surface area contributed by atoms with Crippen molar-refractivity contribution in [3.05, 3.63) is 28.8 Å². The topological polar surface area (TPSA) is 24.1 Å². The molecular formula is C15H22N2S. The average Bonchev–Trinajstić information content (AvgIpc) is 2.76. The van der Waals surface area contributed by atoms with Gasteiger partial charge in [0.25, 0.3) is 0 Å². The van der Waals surface area contributed by atoms with Crippen LogP contribution in [0, 0.1) is 20.8 Å². The first-order valence-electron chi connectivity index (χ1n) is 6.71. The maximum Gasteiger partial charge on any atom is 0.171 e. The van der Waals surface area contributed by atoms with Gasteiger partial charge in [0.1, 0.15) is 0 Å². The van der Waals surface area contributed by atoms with Gasteiger partial charge in [-0.1, -0.05) is 30.5 Å². The second kappa shape index (κ2) is 5.70. The van der Waals surface area contributed by atoms with E-state index in [0.29, 0.717) is 6.04 Å². The van der Waals surface area contributed by atoms with Crippen LogP contribution in [0.5, 0.6) is 0 Å². The molecule has 0 amide bonds. The Morgan fingerprint density at radius 3 is 2.22 bits per heavy atom. The van der Waals surface area contributed by atoms with Crippen molar-refractivity contribution in [2.24, 2.45) is 0 Å². The van der Waals surface area contributed by atoms with E-state index in [9.17, 15) is 0 Å². The SMILES string of the molecule is Cc1cc(C)c(NC(=S)NC2CCCC2)c(C)c1. The fourth-order valence-corrected chi connectivity index (χ4v) is 3.05. The Hall–Kier alpha value is -1.09. The van der Waals surface area contributed by atoms with Crippen LogP contribution in [0.15, 0.2) is 12.1 Å². The Morgan fingerprint density at radius 1 is 1.11 bits per heavy atom. The molecule has 2 nitrogen and oxygen atoms in total. The molecule has 0 aromatic heterocycles. The molecule has 1 aromatic carbocycles. The highest BCUT2D eigenvalue weighted by atomic mass is 32.1. The lowest BCUT2D eigenvalue weighted by Gasteiger charge is -2.18. The maximum atomic E-state index is 5.40. The van der Waals surface area contributed by atoms with Gasteiger partial charge in [-0.2, -0.15) is 0 Å². The molecule has 3 heteroatoms. The molecule has 0 radical (unpaired) electrons. The third kappa shape index (κ3) is 3.22. The van der Waals surface area contributed by atoms with E-state index in [4.69, 9.17) is 12.2 Å². The molecule has 98 valence electrons. The van der Waals surface area contributed by atoms with Gasteiger partial charge in [0.05, 0.1) is 0 Å². The van der Waals surface area contributed by atoms with Crippen LogP contribution in [0.25, 0.3) is 0 Å². The molecule has 0 unspecified atom stereocenters. The largest absolute Gasteiger partial charge is 0.360 e. The summed E-state index contributed by atoms with van der Waals surface area (Å²) in [5, 5.41) is 7.53. The van der Waals surface area contributed by atoms with Gasteiger partial charge >= 0.3 is 0 Å². The standard InChI is InChI=1S/C15H22N2S/c1-10-8-11(2)14(12(3)9-10)17-15(18)16-13-6-4-5-7-13/h8-9,13H,4-7H2,1-3H3,(H2,16,17,18). The van der Waals surface area contributed by atoms with E-state index >= 15 is 0 Å². The number of hydrogen-bond donors (Lipinski definition) is 2. The monoisotopic (exact) mass is 262 g/mol. The smallest absolute Gasteiger partial charge is 0.171 e. The molecule has 1 saturated carbocycles. The fourth-order valence-electron chi connectivity index (χ4n) is 2.78. The average molecular weight is 262 g/mol. The maximum absolute atomic E-state index is 5.40. The Labute approximate surface area is 115 Å². The first-order valence-corrected chi connectivity index (χ1v) is 7.12. The van der Waals surface area contributed by atoms with Crippen LogP contribution < -0.4 is 10.6 Å². The summed E-state index contributed by atoms with van der Waals surface area (Å²) in [6, 6.07) is 4.94. The van der Waals surface area contributed by atoms with Gasteiger partial charge in [-0.25, -0.2) is 0 Å².